The summed E-state index contributed by atoms with van der Waals surface area (Å²) in [5.74, 6) is -1.67. The van der Waals surface area contributed by atoms with Gasteiger partial charge in [-0.1, -0.05) is 0 Å². The van der Waals surface area contributed by atoms with Gasteiger partial charge >= 0.3 is 0 Å². The lowest BCUT2D eigenvalue weighted by molar-refractivity contribution is -0.913. The van der Waals surface area contributed by atoms with Crippen LogP contribution in [0.3, 0.4) is 0 Å². The molecule has 0 aromatic carbocycles. The summed E-state index contributed by atoms with van der Waals surface area (Å²) in [4.78, 5) is 12.3. The minimum Gasteiger partial charge on any atom is -0.748 e. The summed E-state index contributed by atoms with van der Waals surface area (Å²) in [5, 5.41) is 0.877. The second kappa shape index (κ2) is 6.54. The molecule has 10 heteroatoms. The lowest BCUT2D eigenvalue weighted by Crippen LogP contribution is -2.57. The van der Waals surface area contributed by atoms with Gasteiger partial charge < -0.3 is 14.4 Å². The van der Waals surface area contributed by atoms with Crippen LogP contribution in [0.2, 0.25) is 0 Å². The highest BCUT2D eigenvalue weighted by Crippen LogP contribution is 2.29. The largest absolute Gasteiger partial charge is 0.748 e. The van der Waals surface area contributed by atoms with Crippen LogP contribution in [0.1, 0.15) is 32.6 Å². The maximum atomic E-state index is 12.3. The van der Waals surface area contributed by atoms with Crippen molar-refractivity contribution in [2.75, 3.05) is 38.2 Å². The van der Waals surface area contributed by atoms with Crippen molar-refractivity contribution in [1.29, 1.82) is 0 Å². The summed E-state index contributed by atoms with van der Waals surface area (Å²) >= 11 is 0. The van der Waals surface area contributed by atoms with E-state index in [-0.39, 0.29) is 6.42 Å². The highest BCUT2D eigenvalue weighted by Gasteiger charge is 2.51. The van der Waals surface area contributed by atoms with E-state index in [9.17, 15) is 26.2 Å². The van der Waals surface area contributed by atoms with Gasteiger partial charge in [-0.05, 0) is 26.2 Å². The van der Waals surface area contributed by atoms with Crippen LogP contribution in [-0.4, -0.2) is 80.8 Å². The Hall–Kier alpha value is -0.710. The van der Waals surface area contributed by atoms with Gasteiger partial charge in [0, 0.05) is 0 Å². The van der Waals surface area contributed by atoms with Crippen LogP contribution in [0.25, 0.3) is 0 Å². The van der Waals surface area contributed by atoms with Crippen molar-refractivity contribution in [3.05, 3.63) is 0 Å². The lowest BCUT2D eigenvalue weighted by atomic mass is 10.0. The Balaban J connectivity index is 2.03. The van der Waals surface area contributed by atoms with Gasteiger partial charge in [-0.2, -0.15) is 0 Å². The number of rotatable bonds is 5. The normalized spacial score (nSPS) is 32.4. The number of piperidine rings is 1. The van der Waals surface area contributed by atoms with Crippen LogP contribution in [-0.2, 0) is 24.7 Å². The molecule has 140 valence electrons. The number of carbonyl (C=O) groups excluding carboxylic acids is 1. The van der Waals surface area contributed by atoms with E-state index >= 15 is 0 Å². The number of hydrogen-bond donors (Lipinski definition) is 1. The Morgan fingerprint density at radius 2 is 1.88 bits per heavy atom. The first kappa shape index (κ1) is 19.6. The molecule has 2 aliphatic rings. The van der Waals surface area contributed by atoms with Crippen molar-refractivity contribution in [3.63, 3.8) is 0 Å². The minimum absolute atomic E-state index is 0.178. The summed E-state index contributed by atoms with van der Waals surface area (Å²) < 4.78 is 58.6. The third kappa shape index (κ3) is 4.68. The monoisotopic (exact) mass is 382 g/mol. The van der Waals surface area contributed by atoms with Gasteiger partial charge in [0.15, 0.2) is 9.84 Å². The average Bonchev–Trinajstić information content (AvgIpc) is 2.67. The third-order valence-electron chi connectivity index (χ3n) is 5.18. The van der Waals surface area contributed by atoms with E-state index < -0.39 is 48.2 Å². The molecule has 8 nitrogen and oxygen atoms in total. The van der Waals surface area contributed by atoms with E-state index in [4.69, 9.17) is 0 Å². The fourth-order valence-corrected chi connectivity index (χ4v) is 8.10. The SMILES string of the molecule is C[C@@]1(NC(=O)CC[N+]2(C)CCCCC2)CS(=O)(=O)C[C@@H]1S(=O)(=O)[O-]. The molecule has 0 spiro atoms. The van der Waals surface area contributed by atoms with Crippen LogP contribution < -0.4 is 5.32 Å². The Morgan fingerprint density at radius 1 is 1.29 bits per heavy atom. The molecule has 0 radical (unpaired) electrons. The molecule has 2 atom stereocenters. The number of likely N-dealkylation sites (tertiary alicyclic amines) is 1. The Labute approximate surface area is 143 Å². The Morgan fingerprint density at radius 3 is 2.42 bits per heavy atom. The molecule has 24 heavy (non-hydrogen) atoms. The van der Waals surface area contributed by atoms with Crippen molar-refractivity contribution >= 4 is 25.9 Å². The van der Waals surface area contributed by atoms with E-state index in [0.717, 1.165) is 30.4 Å². The van der Waals surface area contributed by atoms with Gasteiger partial charge in [0.1, 0.15) is 10.1 Å². The standard InChI is InChI=1S/C14H26N2O6S2/c1-14(11-23(18,19)10-12(14)24(20,21)22)15-13(17)6-9-16(2)7-4-3-5-8-16/h12H,3-11H2,1-2H3,(H-,15,17,20,21,22)/t12-,14+/m0/s1. The van der Waals surface area contributed by atoms with E-state index in [1.54, 1.807) is 0 Å². The molecular formula is C14H26N2O6S2. The topological polar surface area (TPSA) is 120 Å². The van der Waals surface area contributed by atoms with Crippen LogP contribution in [0.5, 0.6) is 0 Å². The second-order valence-electron chi connectivity index (χ2n) is 7.60. The number of nitrogens with one attached hydrogen (secondary N) is 1. The number of nitrogens with zero attached hydrogens (tertiary/aromatic N) is 1. The predicted octanol–water partition coefficient (Wildman–Crippen LogP) is -0.776. The minimum atomic E-state index is -4.82. The highest BCUT2D eigenvalue weighted by atomic mass is 32.2. The molecule has 0 aromatic heterocycles. The van der Waals surface area contributed by atoms with E-state index in [1.807, 2.05) is 0 Å². The first-order valence-electron chi connectivity index (χ1n) is 8.15. The predicted molar refractivity (Wildman–Crippen MR) is 87.9 cm³/mol. The second-order valence-corrected chi connectivity index (χ2v) is 11.3. The van der Waals surface area contributed by atoms with Gasteiger partial charge in [-0.25, -0.2) is 16.8 Å². The quantitative estimate of drug-likeness (QED) is 0.492. The maximum absolute atomic E-state index is 12.3. The zero-order chi connectivity index (χ0) is 18.2. The van der Waals surface area contributed by atoms with E-state index in [1.165, 1.54) is 13.3 Å². The first-order valence-corrected chi connectivity index (χ1v) is 11.4. The summed E-state index contributed by atoms with van der Waals surface area (Å²) in [6.45, 7) is 3.93. The highest BCUT2D eigenvalue weighted by molar-refractivity contribution is 7.94. The zero-order valence-electron chi connectivity index (χ0n) is 14.2. The van der Waals surface area contributed by atoms with Crippen molar-refractivity contribution < 1.29 is 30.7 Å². The molecule has 0 aliphatic carbocycles. The smallest absolute Gasteiger partial charge is 0.226 e. The van der Waals surface area contributed by atoms with Gasteiger partial charge in [0.25, 0.3) is 0 Å². The number of amides is 1. The molecule has 2 heterocycles. The summed E-state index contributed by atoms with van der Waals surface area (Å²) in [6, 6.07) is 0. The van der Waals surface area contributed by atoms with Crippen LogP contribution in [0.15, 0.2) is 0 Å². The van der Waals surface area contributed by atoms with Crippen LogP contribution in [0.4, 0.5) is 0 Å². The Kier molecular flexibility index (Phi) is 5.35. The molecule has 0 bridgehead atoms. The molecule has 0 aromatic rings. The molecule has 2 rings (SSSR count). The summed E-state index contributed by atoms with van der Waals surface area (Å²) in [6.07, 6.45) is 3.60. The van der Waals surface area contributed by atoms with Gasteiger partial charge in [-0.3, -0.25) is 4.79 Å². The molecule has 0 unspecified atom stereocenters. The molecule has 2 fully saturated rings. The zero-order valence-corrected chi connectivity index (χ0v) is 15.8. The fraction of sp³-hybridized carbons (Fsp3) is 0.929. The van der Waals surface area contributed by atoms with Gasteiger partial charge in [0.05, 0.1) is 55.4 Å². The van der Waals surface area contributed by atoms with Crippen LogP contribution >= 0.6 is 0 Å². The lowest BCUT2D eigenvalue weighted by Gasteiger charge is -2.38. The number of sulfone groups is 1. The van der Waals surface area contributed by atoms with Gasteiger partial charge in [-0.15, -0.1) is 0 Å². The van der Waals surface area contributed by atoms with Crippen molar-refractivity contribution in [3.8, 4) is 0 Å². The third-order valence-corrected chi connectivity index (χ3v) is 8.66. The molecular weight excluding hydrogens is 356 g/mol. The Bertz CT molecular complexity index is 697. The number of quaternary nitrogens is 1. The molecule has 2 saturated heterocycles. The van der Waals surface area contributed by atoms with Crippen molar-refractivity contribution in [1.82, 2.24) is 5.32 Å². The van der Waals surface area contributed by atoms with Crippen molar-refractivity contribution in [2.24, 2.45) is 0 Å². The van der Waals surface area contributed by atoms with Crippen LogP contribution in [0, 0.1) is 0 Å². The fourth-order valence-electron chi connectivity index (χ4n) is 3.79. The maximum Gasteiger partial charge on any atom is 0.226 e. The number of carbonyl (C=O) groups is 1. The summed E-state index contributed by atoms with van der Waals surface area (Å²) in [7, 11) is -6.42. The summed E-state index contributed by atoms with van der Waals surface area (Å²) in [5.41, 5.74) is -1.56. The van der Waals surface area contributed by atoms with E-state index in [2.05, 4.69) is 12.4 Å². The van der Waals surface area contributed by atoms with Gasteiger partial charge in [0.2, 0.25) is 5.91 Å². The van der Waals surface area contributed by atoms with E-state index in [0.29, 0.717) is 6.54 Å². The van der Waals surface area contributed by atoms with Crippen molar-refractivity contribution in [2.45, 2.75) is 43.4 Å². The molecule has 2 aliphatic heterocycles. The molecule has 1 amide bonds. The average molecular weight is 383 g/mol. The molecule has 0 saturated carbocycles. The number of hydrogen-bond acceptors (Lipinski definition) is 6. The molecule has 1 N–H and O–H groups in total. The first-order chi connectivity index (χ1) is 10.9.